The van der Waals surface area contributed by atoms with Crippen LogP contribution >= 0.6 is 11.3 Å². The average Bonchev–Trinajstić information content (AvgIpc) is 2.95. The molecule has 2 aromatic heterocycles. The van der Waals surface area contributed by atoms with E-state index in [2.05, 4.69) is 15.3 Å². The summed E-state index contributed by atoms with van der Waals surface area (Å²) in [5.41, 5.74) is 2.83. The maximum absolute atomic E-state index is 12.1. The van der Waals surface area contributed by atoms with Gasteiger partial charge in [-0.2, -0.15) is 0 Å². The van der Waals surface area contributed by atoms with Crippen molar-refractivity contribution in [3.8, 4) is 16.3 Å². The molecule has 22 heavy (non-hydrogen) atoms. The third kappa shape index (κ3) is 2.96. The Kier molecular flexibility index (Phi) is 3.84. The first-order valence-corrected chi connectivity index (χ1v) is 7.48. The summed E-state index contributed by atoms with van der Waals surface area (Å²) in [6, 6.07) is 8.89. The van der Waals surface area contributed by atoms with Gasteiger partial charge in [0.2, 0.25) is 0 Å². The lowest BCUT2D eigenvalue weighted by Crippen LogP contribution is -2.12. The number of hydrogen-bond donors (Lipinski definition) is 2. The van der Waals surface area contributed by atoms with Gasteiger partial charge in [0.15, 0.2) is 0 Å². The summed E-state index contributed by atoms with van der Waals surface area (Å²) in [5.74, 6) is -0.521. The van der Waals surface area contributed by atoms with Crippen LogP contribution < -0.4 is 5.32 Å². The van der Waals surface area contributed by atoms with Crippen LogP contribution in [-0.4, -0.2) is 21.0 Å². The van der Waals surface area contributed by atoms with Crippen molar-refractivity contribution in [3.63, 3.8) is 0 Å². The first kappa shape index (κ1) is 14.2. The number of anilines is 1. The molecule has 3 rings (SSSR count). The van der Waals surface area contributed by atoms with E-state index in [1.807, 2.05) is 36.6 Å². The van der Waals surface area contributed by atoms with Gasteiger partial charge in [-0.3, -0.25) is 9.78 Å². The third-order valence-electron chi connectivity index (χ3n) is 3.05. The van der Waals surface area contributed by atoms with Crippen molar-refractivity contribution in [1.29, 1.82) is 0 Å². The molecule has 6 heteroatoms. The number of nitrogens with zero attached hydrogens (tertiary/aromatic N) is 2. The highest BCUT2D eigenvalue weighted by molar-refractivity contribution is 7.13. The first-order chi connectivity index (χ1) is 10.6. The molecule has 1 aromatic carbocycles. The molecule has 0 fully saturated rings. The summed E-state index contributed by atoms with van der Waals surface area (Å²) in [7, 11) is 0. The van der Waals surface area contributed by atoms with E-state index in [1.54, 1.807) is 11.3 Å². The summed E-state index contributed by atoms with van der Waals surface area (Å²) in [5, 5.41) is 15.3. The molecule has 0 aliphatic rings. The number of carbonyl (C=O) groups excluding carboxylic acids is 1. The summed E-state index contributed by atoms with van der Waals surface area (Å²) in [6.45, 7) is 1.95. The van der Waals surface area contributed by atoms with E-state index in [1.165, 1.54) is 18.5 Å². The minimum atomic E-state index is -0.377. The fraction of sp³-hybridized carbons (Fsp3) is 0.0625. The first-order valence-electron chi connectivity index (χ1n) is 6.60. The topological polar surface area (TPSA) is 75.1 Å². The van der Waals surface area contributed by atoms with Crippen molar-refractivity contribution >= 4 is 22.9 Å². The molecule has 0 aliphatic heterocycles. The van der Waals surface area contributed by atoms with Crippen molar-refractivity contribution in [1.82, 2.24) is 9.97 Å². The van der Waals surface area contributed by atoms with Gasteiger partial charge in [0.1, 0.15) is 10.8 Å². The molecule has 110 valence electrons. The maximum atomic E-state index is 12.1. The molecule has 0 saturated heterocycles. The van der Waals surface area contributed by atoms with Crippen LogP contribution in [0, 0.1) is 6.92 Å². The number of amides is 1. The number of hydrogen-bond acceptors (Lipinski definition) is 5. The lowest BCUT2D eigenvalue weighted by atomic mass is 10.2. The van der Waals surface area contributed by atoms with Crippen molar-refractivity contribution in [2.75, 3.05) is 5.32 Å². The van der Waals surface area contributed by atoms with Crippen molar-refractivity contribution in [2.24, 2.45) is 0 Å². The predicted molar refractivity (Wildman–Crippen MR) is 86.1 cm³/mol. The average molecular weight is 311 g/mol. The van der Waals surface area contributed by atoms with Gasteiger partial charge >= 0.3 is 0 Å². The van der Waals surface area contributed by atoms with Crippen LogP contribution in [0.3, 0.4) is 0 Å². The lowest BCUT2D eigenvalue weighted by molar-refractivity contribution is 0.102. The predicted octanol–water partition coefficient (Wildman–Crippen LogP) is 3.47. The van der Waals surface area contributed by atoms with Gasteiger partial charge in [0.25, 0.3) is 5.91 Å². The number of aromatic nitrogens is 2. The molecule has 3 aromatic rings. The molecule has 0 saturated carbocycles. The second-order valence-corrected chi connectivity index (χ2v) is 5.58. The van der Waals surface area contributed by atoms with Crippen LogP contribution in [0.25, 0.3) is 10.6 Å². The van der Waals surface area contributed by atoms with Gasteiger partial charge in [-0.25, -0.2) is 4.98 Å². The number of aryl methyl sites for hydroxylation is 1. The number of thiazole rings is 1. The molecule has 0 spiro atoms. The molecular weight excluding hydrogens is 298 g/mol. The monoisotopic (exact) mass is 311 g/mol. The van der Waals surface area contributed by atoms with Crippen LogP contribution in [-0.2, 0) is 0 Å². The molecule has 2 heterocycles. The van der Waals surface area contributed by atoms with Crippen LogP contribution in [0.2, 0.25) is 0 Å². The fourth-order valence-corrected chi connectivity index (χ4v) is 2.76. The van der Waals surface area contributed by atoms with E-state index in [-0.39, 0.29) is 17.2 Å². The summed E-state index contributed by atoms with van der Waals surface area (Å²) < 4.78 is 0. The van der Waals surface area contributed by atoms with Crippen LogP contribution in [0.1, 0.15) is 16.1 Å². The van der Waals surface area contributed by atoms with Crippen molar-refractivity contribution in [3.05, 3.63) is 59.4 Å². The SMILES string of the molecule is Cc1csc(-c2ccc(NC(=O)c3ccncc3O)cc2)n1. The molecule has 0 bridgehead atoms. The molecular formula is C16H13N3O2S. The second-order valence-electron chi connectivity index (χ2n) is 4.72. The number of benzene rings is 1. The van der Waals surface area contributed by atoms with Gasteiger partial charge in [0.05, 0.1) is 11.8 Å². The Morgan fingerprint density at radius 1 is 1.23 bits per heavy atom. The normalized spacial score (nSPS) is 10.4. The number of nitrogens with one attached hydrogen (secondary N) is 1. The van der Waals surface area contributed by atoms with Crippen LogP contribution in [0.5, 0.6) is 5.75 Å². The molecule has 0 unspecified atom stereocenters. The lowest BCUT2D eigenvalue weighted by Gasteiger charge is -2.07. The molecule has 1 amide bonds. The van der Waals surface area contributed by atoms with E-state index in [0.717, 1.165) is 16.3 Å². The van der Waals surface area contributed by atoms with E-state index in [9.17, 15) is 9.90 Å². The Morgan fingerprint density at radius 3 is 2.64 bits per heavy atom. The highest BCUT2D eigenvalue weighted by Gasteiger charge is 2.11. The zero-order chi connectivity index (χ0) is 15.5. The number of pyridine rings is 1. The zero-order valence-corrected chi connectivity index (χ0v) is 12.6. The van der Waals surface area contributed by atoms with Crippen LogP contribution in [0.15, 0.2) is 48.1 Å². The Labute approximate surface area is 131 Å². The Morgan fingerprint density at radius 2 is 2.00 bits per heavy atom. The summed E-state index contributed by atoms with van der Waals surface area (Å²) >= 11 is 1.58. The Balaban J connectivity index is 1.76. The van der Waals surface area contributed by atoms with Crippen LogP contribution in [0.4, 0.5) is 5.69 Å². The molecule has 5 nitrogen and oxygen atoms in total. The van der Waals surface area contributed by atoms with E-state index >= 15 is 0 Å². The van der Waals surface area contributed by atoms with E-state index < -0.39 is 0 Å². The van der Waals surface area contributed by atoms with Gasteiger partial charge < -0.3 is 10.4 Å². The quantitative estimate of drug-likeness (QED) is 0.776. The van der Waals surface area contributed by atoms with Gasteiger partial charge in [-0.15, -0.1) is 11.3 Å². The van der Waals surface area contributed by atoms with Crippen molar-refractivity contribution in [2.45, 2.75) is 6.92 Å². The largest absolute Gasteiger partial charge is 0.505 e. The Bertz CT molecular complexity index is 812. The van der Waals surface area contributed by atoms with E-state index in [4.69, 9.17) is 0 Å². The smallest absolute Gasteiger partial charge is 0.259 e. The molecule has 2 N–H and O–H groups in total. The highest BCUT2D eigenvalue weighted by Crippen LogP contribution is 2.25. The number of rotatable bonds is 3. The Hall–Kier alpha value is -2.73. The fourth-order valence-electron chi connectivity index (χ4n) is 1.96. The number of aromatic hydroxyl groups is 1. The minimum Gasteiger partial charge on any atom is -0.505 e. The van der Waals surface area contributed by atoms with Gasteiger partial charge in [-0.05, 0) is 37.3 Å². The maximum Gasteiger partial charge on any atom is 0.259 e. The minimum absolute atomic E-state index is 0.144. The standard InChI is InChI=1S/C16H13N3O2S/c1-10-9-22-16(18-10)11-2-4-12(5-3-11)19-15(21)13-6-7-17-8-14(13)20/h2-9,20H,1H3,(H,19,21). The summed E-state index contributed by atoms with van der Waals surface area (Å²) in [6.07, 6.45) is 2.70. The van der Waals surface area contributed by atoms with E-state index in [0.29, 0.717) is 5.69 Å². The molecule has 0 radical (unpaired) electrons. The highest BCUT2D eigenvalue weighted by atomic mass is 32.1. The van der Waals surface area contributed by atoms with Gasteiger partial charge in [0, 0.05) is 28.5 Å². The molecule has 0 atom stereocenters. The van der Waals surface area contributed by atoms with Crippen molar-refractivity contribution < 1.29 is 9.90 Å². The third-order valence-corrected chi connectivity index (χ3v) is 4.06. The second kappa shape index (κ2) is 5.95. The molecule has 0 aliphatic carbocycles. The van der Waals surface area contributed by atoms with Gasteiger partial charge in [-0.1, -0.05) is 0 Å². The zero-order valence-electron chi connectivity index (χ0n) is 11.8. The number of carbonyl (C=O) groups is 1. The summed E-state index contributed by atoms with van der Waals surface area (Å²) in [4.78, 5) is 20.3.